The van der Waals surface area contributed by atoms with Gasteiger partial charge < -0.3 is 10.2 Å². The summed E-state index contributed by atoms with van der Waals surface area (Å²) >= 11 is 9.59. The predicted octanol–water partition coefficient (Wildman–Crippen LogP) is 5.87. The average molecular weight is 661 g/mol. The van der Waals surface area contributed by atoms with Gasteiger partial charge in [0.1, 0.15) is 12.6 Å². The summed E-state index contributed by atoms with van der Waals surface area (Å²) in [6.07, 6.45) is -4.80. The Morgan fingerprint density at radius 3 is 2.30 bits per heavy atom. The molecule has 3 aromatic rings. The lowest BCUT2D eigenvalue weighted by Crippen LogP contribution is -2.51. The van der Waals surface area contributed by atoms with Crippen LogP contribution in [0.25, 0.3) is 0 Å². The molecule has 0 aliphatic heterocycles. The molecule has 0 aliphatic carbocycles. The molecule has 40 heavy (non-hydrogen) atoms. The fourth-order valence-corrected chi connectivity index (χ4v) is 6.01. The van der Waals surface area contributed by atoms with E-state index in [-0.39, 0.29) is 23.0 Å². The maximum atomic E-state index is 13.8. The second-order valence-corrected chi connectivity index (χ2v) is 11.9. The van der Waals surface area contributed by atoms with Crippen LogP contribution in [0.1, 0.15) is 25.0 Å². The van der Waals surface area contributed by atoms with Gasteiger partial charge in [-0.05, 0) is 61.9 Å². The molecular formula is C27H26BrClF3N3O4S. The summed E-state index contributed by atoms with van der Waals surface area (Å²) in [7, 11) is -4.58. The van der Waals surface area contributed by atoms with Gasteiger partial charge in [0.05, 0.1) is 21.2 Å². The van der Waals surface area contributed by atoms with Gasteiger partial charge in [0.25, 0.3) is 10.0 Å². The van der Waals surface area contributed by atoms with Gasteiger partial charge in [-0.1, -0.05) is 57.9 Å². The maximum absolute atomic E-state index is 13.8. The average Bonchev–Trinajstić information content (AvgIpc) is 2.90. The SMILES string of the molecule is CCNC(=O)[C@@H](C)N(Cc1cccc(Br)c1)C(=O)CN(c1cc(C(F)(F)F)ccc1Cl)S(=O)(=O)c1ccccc1. The van der Waals surface area contributed by atoms with Crippen molar-refractivity contribution in [2.45, 2.75) is 37.5 Å². The zero-order valence-corrected chi connectivity index (χ0v) is 24.6. The molecule has 0 unspecified atom stereocenters. The molecule has 214 valence electrons. The lowest BCUT2D eigenvalue weighted by atomic mass is 10.1. The maximum Gasteiger partial charge on any atom is 0.416 e. The first-order valence-electron chi connectivity index (χ1n) is 12.0. The normalized spacial score (nSPS) is 12.5. The zero-order chi connectivity index (χ0) is 29.7. The molecule has 0 fully saturated rings. The predicted molar refractivity (Wildman–Crippen MR) is 150 cm³/mol. The van der Waals surface area contributed by atoms with Crippen LogP contribution >= 0.6 is 27.5 Å². The number of rotatable bonds is 10. The van der Waals surface area contributed by atoms with Gasteiger partial charge in [0, 0.05) is 17.6 Å². The van der Waals surface area contributed by atoms with E-state index in [2.05, 4.69) is 21.2 Å². The minimum atomic E-state index is -4.80. The number of nitrogens with zero attached hydrogens (tertiary/aromatic N) is 2. The fourth-order valence-electron chi connectivity index (χ4n) is 3.85. The third-order valence-corrected chi connectivity index (χ3v) is 8.50. The van der Waals surface area contributed by atoms with E-state index in [9.17, 15) is 31.2 Å². The van der Waals surface area contributed by atoms with E-state index in [0.717, 1.165) is 12.1 Å². The lowest BCUT2D eigenvalue weighted by molar-refractivity contribution is -0.139. The molecule has 1 atom stereocenters. The van der Waals surface area contributed by atoms with Crippen molar-refractivity contribution in [1.82, 2.24) is 10.2 Å². The summed E-state index contributed by atoms with van der Waals surface area (Å²) in [6.45, 7) is 2.47. The second kappa shape index (κ2) is 13.0. The summed E-state index contributed by atoms with van der Waals surface area (Å²) < 4.78 is 69.5. The van der Waals surface area contributed by atoms with Crippen LogP contribution in [0, 0.1) is 0 Å². The quantitative estimate of drug-likeness (QED) is 0.295. The largest absolute Gasteiger partial charge is 0.416 e. The number of alkyl halides is 3. The monoisotopic (exact) mass is 659 g/mol. The minimum Gasteiger partial charge on any atom is -0.355 e. The van der Waals surface area contributed by atoms with E-state index in [1.807, 2.05) is 0 Å². The molecule has 7 nitrogen and oxygen atoms in total. The highest BCUT2D eigenvalue weighted by Gasteiger charge is 2.36. The topological polar surface area (TPSA) is 86.8 Å². The number of halogens is 5. The number of nitrogens with one attached hydrogen (secondary N) is 1. The van der Waals surface area contributed by atoms with Crippen molar-refractivity contribution < 1.29 is 31.2 Å². The highest BCUT2D eigenvalue weighted by atomic mass is 79.9. The molecule has 0 saturated carbocycles. The van der Waals surface area contributed by atoms with Gasteiger partial charge in [0.2, 0.25) is 11.8 Å². The van der Waals surface area contributed by atoms with Crippen LogP contribution < -0.4 is 9.62 Å². The Labute approximate surface area is 244 Å². The summed E-state index contributed by atoms with van der Waals surface area (Å²) in [4.78, 5) is 27.4. The number of anilines is 1. The van der Waals surface area contributed by atoms with Crippen LogP contribution in [0.5, 0.6) is 0 Å². The van der Waals surface area contributed by atoms with Crippen LogP contribution in [0.2, 0.25) is 5.02 Å². The first-order valence-corrected chi connectivity index (χ1v) is 14.6. The van der Waals surface area contributed by atoms with E-state index in [4.69, 9.17) is 11.6 Å². The zero-order valence-electron chi connectivity index (χ0n) is 21.5. The van der Waals surface area contributed by atoms with Gasteiger partial charge in [-0.2, -0.15) is 13.2 Å². The van der Waals surface area contributed by atoms with Crippen molar-refractivity contribution >= 4 is 55.1 Å². The Bertz CT molecular complexity index is 1470. The molecule has 0 aromatic heterocycles. The van der Waals surface area contributed by atoms with Crippen LogP contribution in [0.4, 0.5) is 18.9 Å². The van der Waals surface area contributed by atoms with Crippen molar-refractivity contribution in [3.05, 3.63) is 93.4 Å². The molecule has 0 aliphatic rings. The molecule has 3 aromatic carbocycles. The number of carbonyl (C=O) groups is 2. The third-order valence-electron chi connectivity index (χ3n) is 5.91. The number of sulfonamides is 1. The van der Waals surface area contributed by atoms with E-state index in [0.29, 0.717) is 20.4 Å². The Morgan fingerprint density at radius 2 is 1.70 bits per heavy atom. The summed E-state index contributed by atoms with van der Waals surface area (Å²) in [5, 5.41) is 2.32. The Hall–Kier alpha value is -3.09. The number of hydrogen-bond acceptors (Lipinski definition) is 4. The Morgan fingerprint density at radius 1 is 1.02 bits per heavy atom. The fraction of sp³-hybridized carbons (Fsp3) is 0.259. The van der Waals surface area contributed by atoms with Gasteiger partial charge in [-0.25, -0.2) is 8.42 Å². The number of likely N-dealkylation sites (N-methyl/N-ethyl adjacent to an activating group) is 1. The van der Waals surface area contributed by atoms with Crippen LogP contribution in [-0.2, 0) is 32.3 Å². The molecule has 0 saturated heterocycles. The standard InChI is InChI=1S/C27H26BrClF3N3O4S/c1-3-33-26(37)18(2)34(16-19-8-7-9-21(28)14-19)25(36)17-35(40(38,39)22-10-5-4-6-11-22)24-15-20(27(30,31)32)12-13-23(24)29/h4-15,18H,3,16-17H2,1-2H3,(H,33,37)/t18-/m1/s1. The first kappa shape index (κ1) is 31.4. The lowest BCUT2D eigenvalue weighted by Gasteiger charge is -2.32. The number of hydrogen-bond donors (Lipinski definition) is 1. The van der Waals surface area contributed by atoms with Gasteiger partial charge in [-0.3, -0.25) is 13.9 Å². The smallest absolute Gasteiger partial charge is 0.355 e. The van der Waals surface area contributed by atoms with Gasteiger partial charge >= 0.3 is 6.18 Å². The van der Waals surface area contributed by atoms with E-state index in [1.165, 1.54) is 36.1 Å². The Balaban J connectivity index is 2.13. The molecule has 0 heterocycles. The van der Waals surface area contributed by atoms with Crippen molar-refractivity contribution in [3.8, 4) is 0 Å². The molecule has 1 N–H and O–H groups in total. The Kier molecular flexibility index (Phi) is 10.3. The van der Waals surface area contributed by atoms with Crippen molar-refractivity contribution in [2.24, 2.45) is 0 Å². The molecule has 0 bridgehead atoms. The molecule has 13 heteroatoms. The van der Waals surface area contributed by atoms with Gasteiger partial charge in [-0.15, -0.1) is 0 Å². The number of amides is 2. The summed E-state index contributed by atoms with van der Waals surface area (Å²) in [5.41, 5.74) is -1.04. The van der Waals surface area contributed by atoms with Crippen molar-refractivity contribution in [3.63, 3.8) is 0 Å². The van der Waals surface area contributed by atoms with Crippen LogP contribution in [0.15, 0.2) is 82.2 Å². The summed E-state index contributed by atoms with van der Waals surface area (Å²) in [6, 6.07) is 15.1. The van der Waals surface area contributed by atoms with E-state index >= 15 is 0 Å². The van der Waals surface area contributed by atoms with Crippen LogP contribution in [0.3, 0.4) is 0 Å². The molecule has 0 radical (unpaired) electrons. The second-order valence-electron chi connectivity index (χ2n) is 8.71. The number of benzene rings is 3. The molecule has 2 amide bonds. The van der Waals surface area contributed by atoms with Crippen LogP contribution in [-0.4, -0.2) is 44.3 Å². The molecule has 0 spiro atoms. The van der Waals surface area contributed by atoms with Crippen molar-refractivity contribution in [1.29, 1.82) is 0 Å². The minimum absolute atomic E-state index is 0.0773. The first-order chi connectivity index (χ1) is 18.8. The third kappa shape index (κ3) is 7.55. The molecular weight excluding hydrogens is 635 g/mol. The highest BCUT2D eigenvalue weighted by Crippen LogP contribution is 2.37. The van der Waals surface area contributed by atoms with Crippen molar-refractivity contribution in [2.75, 3.05) is 17.4 Å². The molecule has 3 rings (SSSR count). The van der Waals surface area contributed by atoms with E-state index < -0.39 is 51.9 Å². The highest BCUT2D eigenvalue weighted by molar-refractivity contribution is 9.10. The van der Waals surface area contributed by atoms with Gasteiger partial charge in [0.15, 0.2) is 0 Å². The van der Waals surface area contributed by atoms with E-state index in [1.54, 1.807) is 37.3 Å². The summed E-state index contributed by atoms with van der Waals surface area (Å²) in [5.74, 6) is -1.31. The number of carbonyl (C=O) groups excluding carboxylic acids is 2.